The quantitative estimate of drug-likeness (QED) is 0.850. The van der Waals surface area contributed by atoms with Gasteiger partial charge in [-0.1, -0.05) is 0 Å². The lowest BCUT2D eigenvalue weighted by atomic mass is 9.98. The fourth-order valence-corrected chi connectivity index (χ4v) is 4.01. The van der Waals surface area contributed by atoms with Crippen LogP contribution in [0.25, 0.3) is 0 Å². The molecular formula is C15H19NO5S. The van der Waals surface area contributed by atoms with Gasteiger partial charge in [0.1, 0.15) is 9.84 Å². The molecule has 1 aliphatic rings. The monoisotopic (exact) mass is 325 g/mol. The van der Waals surface area contributed by atoms with E-state index in [0.29, 0.717) is 30.5 Å². The van der Waals surface area contributed by atoms with Crippen LogP contribution in [0.5, 0.6) is 0 Å². The van der Waals surface area contributed by atoms with Gasteiger partial charge >= 0.3 is 5.97 Å². The van der Waals surface area contributed by atoms with Crippen LogP contribution in [0.15, 0.2) is 24.3 Å². The second-order valence-corrected chi connectivity index (χ2v) is 7.72. The molecule has 1 heterocycles. The molecule has 0 saturated carbocycles. The fourth-order valence-electron chi connectivity index (χ4n) is 2.42. The van der Waals surface area contributed by atoms with E-state index in [-0.39, 0.29) is 23.3 Å². The maximum atomic E-state index is 12.0. The van der Waals surface area contributed by atoms with Crippen molar-refractivity contribution in [3.8, 4) is 0 Å². The number of rotatable bonds is 4. The molecule has 2 rings (SSSR count). The van der Waals surface area contributed by atoms with E-state index in [1.807, 2.05) is 0 Å². The van der Waals surface area contributed by atoms with E-state index in [2.05, 4.69) is 10.1 Å². The SMILES string of the molecule is COC(=O)c1ccc(NC(=O)CC2CCS(=O)(=O)CC2)cc1. The maximum Gasteiger partial charge on any atom is 0.337 e. The van der Waals surface area contributed by atoms with Gasteiger partial charge in [-0.25, -0.2) is 13.2 Å². The van der Waals surface area contributed by atoms with Gasteiger partial charge in [-0.3, -0.25) is 4.79 Å². The Morgan fingerprint density at radius 1 is 1.18 bits per heavy atom. The first-order valence-electron chi connectivity index (χ1n) is 7.08. The van der Waals surface area contributed by atoms with Crippen molar-refractivity contribution in [1.29, 1.82) is 0 Å². The smallest absolute Gasteiger partial charge is 0.337 e. The third-order valence-corrected chi connectivity index (χ3v) is 5.45. The van der Waals surface area contributed by atoms with Crippen molar-refractivity contribution in [2.45, 2.75) is 19.3 Å². The van der Waals surface area contributed by atoms with Gasteiger partial charge in [0.05, 0.1) is 24.2 Å². The van der Waals surface area contributed by atoms with Gasteiger partial charge in [0.2, 0.25) is 5.91 Å². The van der Waals surface area contributed by atoms with E-state index in [1.165, 1.54) is 7.11 Å². The van der Waals surface area contributed by atoms with Crippen LogP contribution < -0.4 is 5.32 Å². The topological polar surface area (TPSA) is 89.5 Å². The number of ether oxygens (including phenoxy) is 1. The van der Waals surface area contributed by atoms with Crippen LogP contribution in [0.4, 0.5) is 5.69 Å². The predicted molar refractivity (Wildman–Crippen MR) is 82.4 cm³/mol. The van der Waals surface area contributed by atoms with Crippen molar-refractivity contribution in [1.82, 2.24) is 0 Å². The summed E-state index contributed by atoms with van der Waals surface area (Å²) in [6.07, 6.45) is 1.39. The number of methoxy groups -OCH3 is 1. The molecule has 0 bridgehead atoms. The van der Waals surface area contributed by atoms with Gasteiger partial charge in [0.15, 0.2) is 0 Å². The highest BCUT2D eigenvalue weighted by Gasteiger charge is 2.25. The molecule has 1 N–H and O–H groups in total. The van der Waals surface area contributed by atoms with Gasteiger partial charge in [0, 0.05) is 12.1 Å². The number of amides is 1. The van der Waals surface area contributed by atoms with Crippen LogP contribution in [0.3, 0.4) is 0 Å². The van der Waals surface area contributed by atoms with Gasteiger partial charge in [-0.05, 0) is 43.0 Å². The molecule has 1 aromatic carbocycles. The van der Waals surface area contributed by atoms with Crippen molar-refractivity contribution in [2.24, 2.45) is 5.92 Å². The molecule has 0 radical (unpaired) electrons. The number of carbonyl (C=O) groups excluding carboxylic acids is 2. The van der Waals surface area contributed by atoms with E-state index in [0.717, 1.165) is 0 Å². The lowest BCUT2D eigenvalue weighted by Crippen LogP contribution is -2.26. The highest BCUT2D eigenvalue weighted by atomic mass is 32.2. The Labute approximate surface area is 129 Å². The zero-order valence-electron chi connectivity index (χ0n) is 12.4. The Hall–Kier alpha value is -1.89. The Morgan fingerprint density at radius 3 is 2.32 bits per heavy atom. The summed E-state index contributed by atoms with van der Waals surface area (Å²) in [6, 6.07) is 6.42. The molecule has 1 aromatic rings. The first-order valence-corrected chi connectivity index (χ1v) is 8.90. The van der Waals surface area contributed by atoms with Crippen molar-refractivity contribution >= 4 is 27.4 Å². The van der Waals surface area contributed by atoms with Crippen LogP contribution in [-0.2, 0) is 19.4 Å². The van der Waals surface area contributed by atoms with E-state index in [9.17, 15) is 18.0 Å². The molecule has 0 unspecified atom stereocenters. The Bertz CT molecular complexity index is 637. The second-order valence-electron chi connectivity index (χ2n) is 5.42. The second kappa shape index (κ2) is 6.91. The molecule has 6 nitrogen and oxygen atoms in total. The number of esters is 1. The molecule has 1 aliphatic heterocycles. The van der Waals surface area contributed by atoms with Crippen molar-refractivity contribution in [3.63, 3.8) is 0 Å². The highest BCUT2D eigenvalue weighted by molar-refractivity contribution is 7.91. The lowest BCUT2D eigenvalue weighted by Gasteiger charge is -2.21. The third-order valence-electron chi connectivity index (χ3n) is 3.74. The maximum absolute atomic E-state index is 12.0. The minimum atomic E-state index is -2.90. The summed E-state index contributed by atoms with van der Waals surface area (Å²) in [5.41, 5.74) is 1.01. The predicted octanol–water partition coefficient (Wildman–Crippen LogP) is 1.63. The summed E-state index contributed by atoms with van der Waals surface area (Å²) in [4.78, 5) is 23.3. The zero-order valence-corrected chi connectivity index (χ0v) is 13.2. The minimum absolute atomic E-state index is 0.109. The molecule has 7 heteroatoms. The molecular weight excluding hydrogens is 306 g/mol. The number of carbonyl (C=O) groups is 2. The highest BCUT2D eigenvalue weighted by Crippen LogP contribution is 2.22. The average molecular weight is 325 g/mol. The van der Waals surface area contributed by atoms with Crippen LogP contribution in [-0.4, -0.2) is 38.9 Å². The van der Waals surface area contributed by atoms with Crippen molar-refractivity contribution in [2.75, 3.05) is 23.9 Å². The summed E-state index contributed by atoms with van der Waals surface area (Å²) >= 11 is 0. The van der Waals surface area contributed by atoms with Crippen molar-refractivity contribution in [3.05, 3.63) is 29.8 Å². The van der Waals surface area contributed by atoms with Gasteiger partial charge in [0.25, 0.3) is 0 Å². The zero-order chi connectivity index (χ0) is 16.2. The van der Waals surface area contributed by atoms with E-state index in [4.69, 9.17) is 0 Å². The van der Waals surface area contributed by atoms with E-state index >= 15 is 0 Å². The van der Waals surface area contributed by atoms with E-state index in [1.54, 1.807) is 24.3 Å². The number of sulfone groups is 1. The molecule has 1 fully saturated rings. The Kier molecular flexibility index (Phi) is 5.18. The molecule has 1 saturated heterocycles. The largest absolute Gasteiger partial charge is 0.465 e. The lowest BCUT2D eigenvalue weighted by molar-refractivity contribution is -0.117. The van der Waals surface area contributed by atoms with Crippen molar-refractivity contribution < 1.29 is 22.7 Å². The summed E-state index contributed by atoms with van der Waals surface area (Å²) in [5.74, 6) is -0.133. The standard InChI is InChI=1S/C15H19NO5S/c1-21-15(18)12-2-4-13(5-3-12)16-14(17)10-11-6-8-22(19,20)9-7-11/h2-5,11H,6-10H2,1H3,(H,16,17). The number of nitrogens with one attached hydrogen (secondary N) is 1. The van der Waals surface area contributed by atoms with E-state index < -0.39 is 15.8 Å². The molecule has 0 spiro atoms. The number of hydrogen-bond donors (Lipinski definition) is 1. The molecule has 0 aliphatic carbocycles. The molecule has 22 heavy (non-hydrogen) atoms. The third kappa shape index (κ3) is 4.56. The van der Waals surface area contributed by atoms with Crippen LogP contribution in [0.1, 0.15) is 29.6 Å². The van der Waals surface area contributed by atoms with Crippen LogP contribution in [0.2, 0.25) is 0 Å². The number of anilines is 1. The Balaban J connectivity index is 1.86. The van der Waals surface area contributed by atoms with Gasteiger partial charge in [-0.2, -0.15) is 0 Å². The van der Waals surface area contributed by atoms with Gasteiger partial charge < -0.3 is 10.1 Å². The van der Waals surface area contributed by atoms with Gasteiger partial charge in [-0.15, -0.1) is 0 Å². The normalized spacial score (nSPS) is 17.7. The number of hydrogen-bond acceptors (Lipinski definition) is 5. The summed E-state index contributed by atoms with van der Waals surface area (Å²) < 4.78 is 27.3. The first-order chi connectivity index (χ1) is 10.4. The molecule has 1 amide bonds. The number of benzene rings is 1. The molecule has 0 aromatic heterocycles. The average Bonchev–Trinajstić information content (AvgIpc) is 2.49. The molecule has 120 valence electrons. The van der Waals surface area contributed by atoms with Crippen LogP contribution >= 0.6 is 0 Å². The Morgan fingerprint density at radius 2 is 1.77 bits per heavy atom. The molecule has 0 atom stereocenters. The summed E-state index contributed by atoms with van der Waals surface area (Å²) in [5, 5.41) is 2.75. The minimum Gasteiger partial charge on any atom is -0.465 e. The summed E-state index contributed by atoms with van der Waals surface area (Å²) in [6.45, 7) is 0. The summed E-state index contributed by atoms with van der Waals surface area (Å²) in [7, 11) is -1.59. The first kappa shape index (κ1) is 16.5. The fraction of sp³-hybridized carbons (Fsp3) is 0.467. The van der Waals surface area contributed by atoms with Crippen LogP contribution in [0, 0.1) is 5.92 Å².